The van der Waals surface area contributed by atoms with Crippen molar-refractivity contribution in [3.8, 4) is 0 Å². The Morgan fingerprint density at radius 3 is 2.48 bits per heavy atom. The van der Waals surface area contributed by atoms with Gasteiger partial charge in [-0.15, -0.1) is 0 Å². The van der Waals surface area contributed by atoms with E-state index in [0.717, 1.165) is 39.4 Å². The van der Waals surface area contributed by atoms with Crippen LogP contribution < -0.4 is 0 Å². The van der Waals surface area contributed by atoms with Crippen LogP contribution in [0.5, 0.6) is 0 Å². The van der Waals surface area contributed by atoms with Gasteiger partial charge in [-0.2, -0.15) is 0 Å². The fraction of sp³-hybridized carbons (Fsp3) is 0.647. The van der Waals surface area contributed by atoms with Crippen LogP contribution in [-0.2, 0) is 4.74 Å². The van der Waals surface area contributed by atoms with Crippen LogP contribution in [0.2, 0.25) is 0 Å². The second kappa shape index (κ2) is 5.69. The molecule has 21 heavy (non-hydrogen) atoms. The Labute approximate surface area is 126 Å². The highest BCUT2D eigenvalue weighted by molar-refractivity contribution is 5.24. The largest absolute Gasteiger partial charge is 0.396 e. The lowest BCUT2D eigenvalue weighted by molar-refractivity contribution is -0.0858. The lowest BCUT2D eigenvalue weighted by Crippen LogP contribution is -2.59. The van der Waals surface area contributed by atoms with Crippen molar-refractivity contribution < 1.29 is 9.84 Å². The molecular formula is C17H24N2O2. The summed E-state index contributed by atoms with van der Waals surface area (Å²) in [5, 5.41) is 9.96. The first-order chi connectivity index (χ1) is 10.4. The third-order valence-electron chi connectivity index (χ3n) is 5.58. The molecule has 0 aliphatic carbocycles. The van der Waals surface area contributed by atoms with Crippen molar-refractivity contribution in [1.82, 2.24) is 9.80 Å². The van der Waals surface area contributed by atoms with Gasteiger partial charge in [0.2, 0.25) is 0 Å². The Hall–Kier alpha value is -0.940. The summed E-state index contributed by atoms with van der Waals surface area (Å²) in [5.74, 6) is 0.829. The molecule has 4 heteroatoms. The molecule has 3 atom stereocenters. The summed E-state index contributed by atoms with van der Waals surface area (Å²) in [6, 6.07) is 11.8. The molecule has 3 aliphatic heterocycles. The van der Waals surface area contributed by atoms with Gasteiger partial charge in [-0.05, 0) is 5.56 Å². The molecule has 114 valence electrons. The van der Waals surface area contributed by atoms with E-state index >= 15 is 0 Å². The minimum atomic E-state index is 0.287. The van der Waals surface area contributed by atoms with E-state index in [0.29, 0.717) is 23.9 Å². The van der Waals surface area contributed by atoms with E-state index in [4.69, 9.17) is 4.74 Å². The fourth-order valence-corrected chi connectivity index (χ4v) is 4.23. The first kappa shape index (κ1) is 13.7. The molecule has 0 amide bonds. The van der Waals surface area contributed by atoms with E-state index in [1.54, 1.807) is 0 Å². The monoisotopic (exact) mass is 288 g/mol. The highest BCUT2D eigenvalue weighted by Gasteiger charge is 2.45. The van der Waals surface area contributed by atoms with Gasteiger partial charge < -0.3 is 9.84 Å². The minimum absolute atomic E-state index is 0.287. The van der Waals surface area contributed by atoms with Gasteiger partial charge in [0.05, 0.1) is 19.3 Å². The molecule has 0 bridgehead atoms. The number of hydrogen-bond donors (Lipinski definition) is 1. The van der Waals surface area contributed by atoms with Gasteiger partial charge in [0, 0.05) is 50.7 Å². The molecule has 4 rings (SSSR count). The van der Waals surface area contributed by atoms with Gasteiger partial charge in [-0.1, -0.05) is 30.3 Å². The number of ether oxygens (including phenoxy) is 1. The average Bonchev–Trinajstić information content (AvgIpc) is 2.84. The summed E-state index contributed by atoms with van der Waals surface area (Å²) in [6.07, 6.45) is 0. The highest BCUT2D eigenvalue weighted by atomic mass is 16.5. The maximum Gasteiger partial charge on any atom is 0.0645 e. The number of hydrogen-bond acceptors (Lipinski definition) is 4. The highest BCUT2D eigenvalue weighted by Crippen LogP contribution is 2.39. The summed E-state index contributed by atoms with van der Waals surface area (Å²) >= 11 is 0. The molecule has 3 fully saturated rings. The van der Waals surface area contributed by atoms with Crippen LogP contribution in [0.25, 0.3) is 0 Å². The van der Waals surface area contributed by atoms with Gasteiger partial charge >= 0.3 is 0 Å². The smallest absolute Gasteiger partial charge is 0.0645 e. The zero-order valence-electron chi connectivity index (χ0n) is 12.4. The Kier molecular flexibility index (Phi) is 3.71. The molecule has 0 saturated carbocycles. The van der Waals surface area contributed by atoms with Crippen LogP contribution >= 0.6 is 0 Å². The summed E-state index contributed by atoms with van der Waals surface area (Å²) < 4.78 is 5.34. The lowest BCUT2D eigenvalue weighted by atomic mass is 9.85. The normalized spacial score (nSPS) is 34.6. The zero-order valence-corrected chi connectivity index (χ0v) is 12.4. The molecule has 3 heterocycles. The zero-order chi connectivity index (χ0) is 14.2. The minimum Gasteiger partial charge on any atom is -0.396 e. The van der Waals surface area contributed by atoms with Crippen LogP contribution in [0.4, 0.5) is 0 Å². The van der Waals surface area contributed by atoms with E-state index < -0.39 is 0 Å². The molecule has 0 unspecified atom stereocenters. The number of fused-ring (bicyclic) bond motifs is 1. The summed E-state index contributed by atoms with van der Waals surface area (Å²) in [5.41, 5.74) is 1.38. The third kappa shape index (κ3) is 2.40. The number of aliphatic hydroxyl groups excluding tert-OH is 1. The number of rotatable bonds is 3. The fourth-order valence-electron chi connectivity index (χ4n) is 4.23. The van der Waals surface area contributed by atoms with Crippen molar-refractivity contribution in [3.05, 3.63) is 35.9 Å². The van der Waals surface area contributed by atoms with Crippen molar-refractivity contribution >= 4 is 0 Å². The molecule has 1 N–H and O–H groups in total. The molecule has 0 aromatic heterocycles. The summed E-state index contributed by atoms with van der Waals surface area (Å²) in [7, 11) is 0. The molecule has 4 nitrogen and oxygen atoms in total. The Balaban J connectivity index is 1.52. The molecule has 1 aromatic rings. The van der Waals surface area contributed by atoms with Gasteiger partial charge in [0.15, 0.2) is 0 Å². The molecule has 0 radical (unpaired) electrons. The molecule has 0 spiro atoms. The lowest BCUT2D eigenvalue weighted by Gasteiger charge is -2.45. The molecule has 1 aromatic carbocycles. The number of aliphatic hydroxyl groups is 1. The molecule has 3 saturated heterocycles. The second-order valence-electron chi connectivity index (χ2n) is 6.61. The van der Waals surface area contributed by atoms with E-state index in [2.05, 4.69) is 40.1 Å². The number of piperazine rings is 1. The second-order valence-corrected chi connectivity index (χ2v) is 6.61. The predicted molar refractivity (Wildman–Crippen MR) is 81.3 cm³/mol. The summed E-state index contributed by atoms with van der Waals surface area (Å²) in [6.45, 7) is 6.51. The van der Waals surface area contributed by atoms with Crippen LogP contribution in [0.1, 0.15) is 11.5 Å². The Morgan fingerprint density at radius 1 is 1.05 bits per heavy atom. The van der Waals surface area contributed by atoms with Crippen LogP contribution in [-0.4, -0.2) is 73.0 Å². The van der Waals surface area contributed by atoms with Crippen LogP contribution in [0.15, 0.2) is 30.3 Å². The average molecular weight is 288 g/mol. The van der Waals surface area contributed by atoms with Crippen molar-refractivity contribution in [2.24, 2.45) is 5.92 Å². The maximum atomic E-state index is 9.96. The van der Waals surface area contributed by atoms with Crippen LogP contribution in [0, 0.1) is 5.92 Å². The SMILES string of the molecule is OC[C@@H]1[C@H]2CN(C3COC3)CCN2C[C@H]1c1ccccc1. The number of benzene rings is 1. The Bertz CT molecular complexity index is 477. The van der Waals surface area contributed by atoms with Crippen LogP contribution in [0.3, 0.4) is 0 Å². The predicted octanol–water partition coefficient (Wildman–Crippen LogP) is 0.777. The maximum absolute atomic E-state index is 9.96. The van der Waals surface area contributed by atoms with E-state index in [1.807, 2.05) is 0 Å². The van der Waals surface area contributed by atoms with Crippen molar-refractivity contribution in [1.29, 1.82) is 0 Å². The molecular weight excluding hydrogens is 264 g/mol. The Morgan fingerprint density at radius 2 is 1.81 bits per heavy atom. The first-order valence-electron chi connectivity index (χ1n) is 8.08. The molecule has 3 aliphatic rings. The number of nitrogens with zero attached hydrogens (tertiary/aromatic N) is 2. The van der Waals surface area contributed by atoms with Crippen molar-refractivity contribution in [2.75, 3.05) is 46.0 Å². The topological polar surface area (TPSA) is 35.9 Å². The van der Waals surface area contributed by atoms with E-state index in [9.17, 15) is 5.11 Å². The quantitative estimate of drug-likeness (QED) is 0.891. The first-order valence-corrected chi connectivity index (χ1v) is 8.08. The van der Waals surface area contributed by atoms with Crippen molar-refractivity contribution in [2.45, 2.75) is 18.0 Å². The van der Waals surface area contributed by atoms with Gasteiger partial charge in [0.25, 0.3) is 0 Å². The standard InChI is InChI=1S/C17H24N2O2/c20-10-16-15(13-4-2-1-3-5-13)8-19-7-6-18(9-17(16)19)14-11-21-12-14/h1-5,14-17,20H,6-12H2/t15-,16-,17+/m0/s1. The van der Waals surface area contributed by atoms with Gasteiger partial charge in [-0.3, -0.25) is 9.80 Å². The van der Waals surface area contributed by atoms with Gasteiger partial charge in [0.1, 0.15) is 0 Å². The van der Waals surface area contributed by atoms with E-state index in [-0.39, 0.29) is 6.61 Å². The van der Waals surface area contributed by atoms with Gasteiger partial charge in [-0.25, -0.2) is 0 Å². The van der Waals surface area contributed by atoms with Crippen molar-refractivity contribution in [3.63, 3.8) is 0 Å². The van der Waals surface area contributed by atoms with E-state index in [1.165, 1.54) is 5.56 Å². The third-order valence-corrected chi connectivity index (χ3v) is 5.58. The summed E-state index contributed by atoms with van der Waals surface area (Å²) in [4.78, 5) is 5.16.